The van der Waals surface area contributed by atoms with Gasteiger partial charge in [-0.15, -0.1) is 11.6 Å². The van der Waals surface area contributed by atoms with Crippen molar-refractivity contribution in [2.45, 2.75) is 19.4 Å². The van der Waals surface area contributed by atoms with Crippen LogP contribution in [0.1, 0.15) is 13.8 Å². The predicted octanol–water partition coefficient (Wildman–Crippen LogP) is 0.0537. The summed E-state index contributed by atoms with van der Waals surface area (Å²) in [5.41, 5.74) is -1.29. The van der Waals surface area contributed by atoms with Gasteiger partial charge < -0.3 is 4.74 Å². The molecule has 13 heavy (non-hydrogen) atoms. The van der Waals surface area contributed by atoms with Crippen LogP contribution in [-0.4, -0.2) is 32.2 Å². The van der Waals surface area contributed by atoms with Gasteiger partial charge in [-0.2, -0.15) is 4.72 Å². The number of carbonyl (C=O) groups excluding carboxylic acids is 1. The Balaban J connectivity index is 4.61. The summed E-state index contributed by atoms with van der Waals surface area (Å²) in [5, 5.41) is -0.590. The van der Waals surface area contributed by atoms with Crippen LogP contribution in [0.25, 0.3) is 0 Å². The molecule has 78 valence electrons. The number of methoxy groups -OCH3 is 1. The zero-order valence-corrected chi connectivity index (χ0v) is 9.20. The quantitative estimate of drug-likeness (QED) is 0.546. The van der Waals surface area contributed by atoms with Gasteiger partial charge in [0.25, 0.3) is 0 Å². The zero-order chi connectivity index (χ0) is 10.7. The van der Waals surface area contributed by atoms with Crippen LogP contribution in [0.5, 0.6) is 0 Å². The molecule has 0 spiro atoms. The summed E-state index contributed by atoms with van der Waals surface area (Å²) in [6.07, 6.45) is 0. The number of sulfonamides is 1. The van der Waals surface area contributed by atoms with Gasteiger partial charge in [0.05, 0.1) is 7.11 Å². The molecular weight excluding hydrogens is 218 g/mol. The number of halogens is 1. The van der Waals surface area contributed by atoms with Crippen LogP contribution < -0.4 is 4.72 Å². The fourth-order valence-corrected chi connectivity index (χ4v) is 1.79. The minimum Gasteiger partial charge on any atom is -0.468 e. The smallest absolute Gasteiger partial charge is 0.326 e. The van der Waals surface area contributed by atoms with E-state index in [0.717, 1.165) is 0 Å². The highest BCUT2D eigenvalue weighted by Gasteiger charge is 2.32. The molecule has 0 aromatic carbocycles. The maximum absolute atomic E-state index is 11.0. The Morgan fingerprint density at radius 3 is 2.31 bits per heavy atom. The highest BCUT2D eigenvalue weighted by molar-refractivity contribution is 7.90. The summed E-state index contributed by atoms with van der Waals surface area (Å²) in [7, 11) is -2.44. The number of ether oxygens (including phenoxy) is 1. The van der Waals surface area contributed by atoms with E-state index in [2.05, 4.69) is 9.46 Å². The summed E-state index contributed by atoms with van der Waals surface area (Å²) >= 11 is 5.14. The first-order chi connectivity index (χ1) is 5.75. The number of hydrogen-bond donors (Lipinski definition) is 1. The Bertz CT molecular complexity index is 285. The van der Waals surface area contributed by atoms with Gasteiger partial charge >= 0.3 is 5.97 Å². The molecule has 0 rings (SSSR count). The molecule has 0 atom stereocenters. The normalized spacial score (nSPS) is 12.6. The fraction of sp³-hybridized carbons (Fsp3) is 0.833. The molecule has 0 bridgehead atoms. The SMILES string of the molecule is COC(=O)C(C)(C)NS(=O)(=O)CCl. The number of alkyl halides is 1. The summed E-state index contributed by atoms with van der Waals surface area (Å²) in [5.74, 6) is -0.666. The minimum absolute atomic E-state index is 0.590. The Labute approximate surface area is 82.5 Å². The van der Waals surface area contributed by atoms with Gasteiger partial charge in [-0.3, -0.25) is 4.79 Å². The van der Waals surface area contributed by atoms with Crippen molar-refractivity contribution in [1.29, 1.82) is 0 Å². The molecule has 0 aromatic rings. The van der Waals surface area contributed by atoms with Gasteiger partial charge in [-0.1, -0.05) is 0 Å². The van der Waals surface area contributed by atoms with E-state index < -0.39 is 26.7 Å². The molecule has 0 saturated carbocycles. The summed E-state index contributed by atoms with van der Waals surface area (Å²) in [6, 6.07) is 0. The highest BCUT2D eigenvalue weighted by Crippen LogP contribution is 2.07. The summed E-state index contributed by atoms with van der Waals surface area (Å²) < 4.78 is 28.5. The third-order valence-corrected chi connectivity index (χ3v) is 3.22. The number of esters is 1. The molecule has 0 aliphatic heterocycles. The molecule has 0 saturated heterocycles. The third-order valence-electron chi connectivity index (χ3n) is 1.25. The number of nitrogens with one attached hydrogen (secondary N) is 1. The summed E-state index contributed by atoms with van der Waals surface area (Å²) in [6.45, 7) is 2.78. The second-order valence-electron chi connectivity index (χ2n) is 2.94. The maximum Gasteiger partial charge on any atom is 0.326 e. The third kappa shape index (κ3) is 3.93. The van der Waals surface area contributed by atoms with E-state index in [4.69, 9.17) is 11.6 Å². The van der Waals surface area contributed by atoms with Crippen LogP contribution in [0.15, 0.2) is 0 Å². The van der Waals surface area contributed by atoms with Crippen LogP contribution in [-0.2, 0) is 19.6 Å². The number of hydrogen-bond acceptors (Lipinski definition) is 4. The van der Waals surface area contributed by atoms with Crippen LogP contribution >= 0.6 is 11.6 Å². The van der Waals surface area contributed by atoms with Crippen molar-refractivity contribution in [1.82, 2.24) is 4.72 Å². The van der Waals surface area contributed by atoms with E-state index in [1.54, 1.807) is 0 Å². The second kappa shape index (κ2) is 4.26. The molecule has 5 nitrogen and oxygen atoms in total. The number of rotatable bonds is 4. The average Bonchev–Trinajstić information content (AvgIpc) is 2.01. The molecule has 0 aliphatic carbocycles. The van der Waals surface area contributed by atoms with E-state index in [0.29, 0.717) is 0 Å². The lowest BCUT2D eigenvalue weighted by atomic mass is 10.1. The van der Waals surface area contributed by atoms with Crippen molar-refractivity contribution >= 4 is 27.6 Å². The summed E-state index contributed by atoms with van der Waals surface area (Å²) in [4.78, 5) is 11.0. The molecule has 1 N–H and O–H groups in total. The first kappa shape index (κ1) is 12.7. The van der Waals surface area contributed by atoms with Gasteiger partial charge in [0.15, 0.2) is 0 Å². The Morgan fingerprint density at radius 2 is 2.00 bits per heavy atom. The van der Waals surface area contributed by atoms with Crippen LogP contribution in [0, 0.1) is 0 Å². The first-order valence-electron chi connectivity index (χ1n) is 3.41. The Morgan fingerprint density at radius 1 is 1.54 bits per heavy atom. The number of carbonyl (C=O) groups is 1. The lowest BCUT2D eigenvalue weighted by Crippen LogP contribution is -2.50. The molecule has 0 heterocycles. The molecule has 0 aromatic heterocycles. The van der Waals surface area contributed by atoms with Gasteiger partial charge in [-0.05, 0) is 13.8 Å². The minimum atomic E-state index is -3.62. The maximum atomic E-state index is 11.0. The lowest BCUT2D eigenvalue weighted by Gasteiger charge is -2.21. The van der Waals surface area contributed by atoms with Crippen molar-refractivity contribution in [2.24, 2.45) is 0 Å². The fourth-order valence-electron chi connectivity index (χ4n) is 0.713. The Hall–Kier alpha value is -0.330. The van der Waals surface area contributed by atoms with Crippen LogP contribution in [0.2, 0.25) is 0 Å². The first-order valence-corrected chi connectivity index (χ1v) is 5.60. The zero-order valence-electron chi connectivity index (χ0n) is 7.63. The van der Waals surface area contributed by atoms with E-state index >= 15 is 0 Å². The molecule has 7 heteroatoms. The molecular formula is C6H12ClNO4S. The van der Waals surface area contributed by atoms with Crippen molar-refractivity contribution < 1.29 is 17.9 Å². The highest BCUT2D eigenvalue weighted by atomic mass is 35.5. The van der Waals surface area contributed by atoms with Crippen molar-refractivity contribution in [3.63, 3.8) is 0 Å². The van der Waals surface area contributed by atoms with Gasteiger partial charge in [-0.25, -0.2) is 8.42 Å². The molecule has 0 aliphatic rings. The van der Waals surface area contributed by atoms with E-state index in [-0.39, 0.29) is 0 Å². The van der Waals surface area contributed by atoms with Crippen molar-refractivity contribution in [2.75, 3.05) is 12.3 Å². The van der Waals surface area contributed by atoms with E-state index in [9.17, 15) is 13.2 Å². The van der Waals surface area contributed by atoms with Gasteiger partial charge in [0.2, 0.25) is 10.0 Å². The standard InChI is InChI=1S/C6H12ClNO4S/c1-6(2,5(9)12-3)8-13(10,11)4-7/h8H,4H2,1-3H3. The molecule has 0 amide bonds. The largest absolute Gasteiger partial charge is 0.468 e. The van der Waals surface area contributed by atoms with Crippen molar-refractivity contribution in [3.05, 3.63) is 0 Å². The second-order valence-corrected chi connectivity index (χ2v) is 5.25. The average molecular weight is 230 g/mol. The van der Waals surface area contributed by atoms with E-state index in [1.807, 2.05) is 0 Å². The van der Waals surface area contributed by atoms with Crippen molar-refractivity contribution in [3.8, 4) is 0 Å². The van der Waals surface area contributed by atoms with Crippen LogP contribution in [0.3, 0.4) is 0 Å². The van der Waals surface area contributed by atoms with Crippen LogP contribution in [0.4, 0.5) is 0 Å². The predicted molar refractivity (Wildman–Crippen MR) is 48.9 cm³/mol. The Kier molecular flexibility index (Phi) is 4.15. The van der Waals surface area contributed by atoms with Gasteiger partial charge in [0.1, 0.15) is 10.8 Å². The lowest BCUT2D eigenvalue weighted by molar-refractivity contribution is -0.146. The monoisotopic (exact) mass is 229 g/mol. The van der Waals surface area contributed by atoms with E-state index in [1.165, 1.54) is 21.0 Å². The topological polar surface area (TPSA) is 72.5 Å². The molecule has 0 radical (unpaired) electrons. The molecule has 0 fully saturated rings. The molecule has 0 unspecified atom stereocenters. The van der Waals surface area contributed by atoms with Gasteiger partial charge in [0, 0.05) is 0 Å².